The molecule has 0 unspecified atom stereocenters. The third-order valence-corrected chi connectivity index (χ3v) is 5.21. The van der Waals surface area contributed by atoms with E-state index in [1.165, 1.54) is 62.0 Å². The quantitative estimate of drug-likeness (QED) is 0.347. The Balaban J connectivity index is 1.65. The van der Waals surface area contributed by atoms with Gasteiger partial charge in [0, 0.05) is 18.6 Å². The first-order valence-corrected chi connectivity index (χ1v) is 10.6. The number of nitrogens with one attached hydrogen (secondary N) is 1. The van der Waals surface area contributed by atoms with Crippen molar-refractivity contribution in [2.45, 2.75) is 6.42 Å². The second kappa shape index (κ2) is 11.1. The van der Waals surface area contributed by atoms with E-state index in [1.807, 2.05) is 0 Å². The number of hydrogen-bond donors (Lipinski definition) is 1. The van der Waals surface area contributed by atoms with Gasteiger partial charge >= 0.3 is 5.97 Å². The lowest BCUT2D eigenvalue weighted by atomic mass is 10.1. The van der Waals surface area contributed by atoms with Crippen LogP contribution < -0.4 is 19.5 Å². The van der Waals surface area contributed by atoms with Gasteiger partial charge in [0.15, 0.2) is 11.5 Å². The predicted octanol–water partition coefficient (Wildman–Crippen LogP) is 4.78. The van der Waals surface area contributed by atoms with Crippen molar-refractivity contribution < 1.29 is 32.9 Å². The van der Waals surface area contributed by atoms with Crippen LogP contribution in [0.15, 0.2) is 53.9 Å². The number of carbonyl (C=O) groups excluding carboxylic acids is 2. The van der Waals surface area contributed by atoms with E-state index in [1.54, 1.807) is 17.5 Å². The Kier molecular flexibility index (Phi) is 8.04. The van der Waals surface area contributed by atoms with Crippen molar-refractivity contribution in [2.24, 2.45) is 0 Å². The van der Waals surface area contributed by atoms with Gasteiger partial charge in [0.25, 0.3) is 5.91 Å². The second-order valence-corrected chi connectivity index (χ2v) is 7.42. The molecule has 0 radical (unpaired) electrons. The van der Waals surface area contributed by atoms with Crippen LogP contribution in [0.25, 0.3) is 0 Å². The van der Waals surface area contributed by atoms with Crippen LogP contribution >= 0.6 is 11.3 Å². The van der Waals surface area contributed by atoms with Gasteiger partial charge in [-0.25, -0.2) is 9.18 Å². The van der Waals surface area contributed by atoms with E-state index in [0.29, 0.717) is 28.5 Å². The third-order valence-electron chi connectivity index (χ3n) is 4.34. The number of hydrogen-bond acceptors (Lipinski definition) is 7. The Morgan fingerprint density at radius 1 is 1.00 bits per heavy atom. The number of halogens is 1. The Morgan fingerprint density at radius 2 is 1.72 bits per heavy atom. The van der Waals surface area contributed by atoms with Crippen LogP contribution in [-0.2, 0) is 4.74 Å². The Bertz CT molecular complexity index is 1050. The summed E-state index contributed by atoms with van der Waals surface area (Å²) in [6.07, 6.45) is 0.424. The highest BCUT2D eigenvalue weighted by atomic mass is 32.1. The van der Waals surface area contributed by atoms with E-state index >= 15 is 0 Å². The summed E-state index contributed by atoms with van der Waals surface area (Å²) in [7, 11) is 2.91. The summed E-state index contributed by atoms with van der Waals surface area (Å²) >= 11 is 1.28. The first-order chi connectivity index (χ1) is 15.5. The first kappa shape index (κ1) is 23.1. The number of methoxy groups -OCH3 is 2. The minimum atomic E-state index is -0.630. The molecular formula is C23H22FNO6S. The van der Waals surface area contributed by atoms with Crippen LogP contribution in [0, 0.1) is 5.82 Å². The topological polar surface area (TPSA) is 83.1 Å². The summed E-state index contributed by atoms with van der Waals surface area (Å²) < 4.78 is 34.3. The van der Waals surface area contributed by atoms with Gasteiger partial charge in [0.05, 0.1) is 43.6 Å². The minimum Gasteiger partial charge on any atom is -0.493 e. The van der Waals surface area contributed by atoms with Gasteiger partial charge < -0.3 is 24.3 Å². The molecule has 2 aromatic carbocycles. The maximum Gasteiger partial charge on any atom is 0.340 e. The van der Waals surface area contributed by atoms with E-state index in [0.717, 1.165) is 0 Å². The van der Waals surface area contributed by atoms with Gasteiger partial charge in [-0.05, 0) is 35.7 Å². The zero-order valence-corrected chi connectivity index (χ0v) is 18.4. The highest BCUT2D eigenvalue weighted by Crippen LogP contribution is 2.34. The molecule has 0 spiro atoms. The molecule has 0 fully saturated rings. The first-order valence-electron chi connectivity index (χ1n) is 9.68. The number of benzene rings is 2. The molecule has 1 amide bonds. The molecule has 3 aromatic rings. The van der Waals surface area contributed by atoms with E-state index < -0.39 is 5.97 Å². The van der Waals surface area contributed by atoms with E-state index in [4.69, 9.17) is 18.9 Å². The van der Waals surface area contributed by atoms with Crippen molar-refractivity contribution in [3.8, 4) is 17.2 Å². The number of amides is 1. The standard InChI is InChI=1S/C23H22FNO6S/c1-28-19-13-17(18(14-20(19)29-2)25-22(26)21-5-3-12-32-21)23(27)31-11-4-10-30-16-8-6-15(24)7-9-16/h3,5-9,12-14H,4,10-11H2,1-2H3,(H,25,26). The average molecular weight is 459 g/mol. The molecule has 1 heterocycles. The van der Waals surface area contributed by atoms with Gasteiger partial charge in [-0.1, -0.05) is 6.07 Å². The summed E-state index contributed by atoms with van der Waals surface area (Å²) in [6.45, 7) is 0.375. The zero-order chi connectivity index (χ0) is 22.9. The lowest BCUT2D eigenvalue weighted by Gasteiger charge is -2.15. The monoisotopic (exact) mass is 459 g/mol. The minimum absolute atomic E-state index is 0.0900. The number of rotatable bonds is 10. The lowest BCUT2D eigenvalue weighted by molar-refractivity contribution is 0.0486. The smallest absolute Gasteiger partial charge is 0.340 e. The van der Waals surface area contributed by atoms with Crippen LogP contribution in [-0.4, -0.2) is 39.3 Å². The van der Waals surface area contributed by atoms with Crippen molar-refractivity contribution in [3.05, 3.63) is 70.2 Å². The summed E-state index contributed by atoms with van der Waals surface area (Å²) in [5, 5.41) is 4.51. The average Bonchev–Trinajstić information content (AvgIpc) is 3.35. The number of ether oxygens (including phenoxy) is 4. The molecule has 0 aliphatic carbocycles. The van der Waals surface area contributed by atoms with Crippen molar-refractivity contribution in [3.63, 3.8) is 0 Å². The van der Waals surface area contributed by atoms with Crippen LogP contribution in [0.3, 0.4) is 0 Å². The molecule has 168 valence electrons. The fourth-order valence-corrected chi connectivity index (χ4v) is 3.38. The fraction of sp³-hybridized carbons (Fsp3) is 0.217. The van der Waals surface area contributed by atoms with Crippen molar-refractivity contribution in [2.75, 3.05) is 32.8 Å². The maximum absolute atomic E-state index is 12.9. The molecular weight excluding hydrogens is 437 g/mol. The molecule has 0 aliphatic rings. The molecule has 0 atom stereocenters. The van der Waals surface area contributed by atoms with Gasteiger partial charge in [0.2, 0.25) is 0 Å². The molecule has 1 aromatic heterocycles. The predicted molar refractivity (Wildman–Crippen MR) is 119 cm³/mol. The molecule has 9 heteroatoms. The molecule has 0 bridgehead atoms. The molecule has 3 rings (SSSR count). The Morgan fingerprint density at radius 3 is 2.38 bits per heavy atom. The molecule has 1 N–H and O–H groups in total. The number of esters is 1. The Labute approximate surface area is 188 Å². The lowest BCUT2D eigenvalue weighted by Crippen LogP contribution is -2.16. The van der Waals surface area contributed by atoms with Gasteiger partial charge in [-0.3, -0.25) is 4.79 Å². The molecule has 0 aliphatic heterocycles. The third kappa shape index (κ3) is 5.98. The van der Waals surface area contributed by atoms with Crippen LogP contribution in [0.2, 0.25) is 0 Å². The van der Waals surface area contributed by atoms with Crippen LogP contribution in [0.1, 0.15) is 26.5 Å². The van der Waals surface area contributed by atoms with E-state index in [2.05, 4.69) is 5.32 Å². The van der Waals surface area contributed by atoms with Crippen LogP contribution in [0.5, 0.6) is 17.2 Å². The SMILES string of the molecule is COc1cc(NC(=O)c2cccs2)c(C(=O)OCCCOc2ccc(F)cc2)cc1OC. The molecule has 0 saturated heterocycles. The van der Waals surface area contributed by atoms with Gasteiger partial charge in [-0.2, -0.15) is 0 Å². The molecule has 0 saturated carbocycles. The Hall–Kier alpha value is -3.59. The number of carbonyl (C=O) groups is 2. The second-order valence-electron chi connectivity index (χ2n) is 6.48. The van der Waals surface area contributed by atoms with Crippen molar-refractivity contribution in [1.82, 2.24) is 0 Å². The summed E-state index contributed by atoms with van der Waals surface area (Å²) in [5.74, 6) is -0.117. The zero-order valence-electron chi connectivity index (χ0n) is 17.6. The van der Waals surface area contributed by atoms with Gasteiger partial charge in [0.1, 0.15) is 11.6 Å². The molecule has 32 heavy (non-hydrogen) atoms. The van der Waals surface area contributed by atoms with E-state index in [9.17, 15) is 14.0 Å². The van der Waals surface area contributed by atoms with E-state index in [-0.39, 0.29) is 36.2 Å². The maximum atomic E-state index is 12.9. The fourth-order valence-electron chi connectivity index (χ4n) is 2.77. The number of thiophene rings is 1. The summed E-state index contributed by atoms with van der Waals surface area (Å²) in [4.78, 5) is 25.7. The highest BCUT2D eigenvalue weighted by Gasteiger charge is 2.20. The largest absolute Gasteiger partial charge is 0.493 e. The molecule has 7 nitrogen and oxygen atoms in total. The van der Waals surface area contributed by atoms with Crippen molar-refractivity contribution in [1.29, 1.82) is 0 Å². The number of anilines is 1. The van der Waals surface area contributed by atoms with Crippen molar-refractivity contribution >= 4 is 28.9 Å². The van der Waals surface area contributed by atoms with Crippen LogP contribution in [0.4, 0.5) is 10.1 Å². The summed E-state index contributed by atoms with van der Waals surface area (Å²) in [6, 6.07) is 12.1. The highest BCUT2D eigenvalue weighted by molar-refractivity contribution is 7.12. The van der Waals surface area contributed by atoms with Gasteiger partial charge in [-0.15, -0.1) is 11.3 Å². The normalized spacial score (nSPS) is 10.3. The summed E-state index contributed by atoms with van der Waals surface area (Å²) in [5.41, 5.74) is 0.376.